The molecule has 0 aliphatic heterocycles. The summed E-state index contributed by atoms with van der Waals surface area (Å²) in [6.07, 6.45) is 3.94. The summed E-state index contributed by atoms with van der Waals surface area (Å²) in [5.74, 6) is 0.376. The van der Waals surface area contributed by atoms with E-state index in [9.17, 15) is 9.59 Å². The number of nitrogens with one attached hydrogen (secondary N) is 1. The van der Waals surface area contributed by atoms with Crippen molar-refractivity contribution in [1.82, 2.24) is 20.0 Å². The summed E-state index contributed by atoms with van der Waals surface area (Å²) in [7, 11) is 0. The van der Waals surface area contributed by atoms with Crippen molar-refractivity contribution < 1.29 is 9.32 Å². The molecule has 5 aromatic rings. The fourth-order valence-electron chi connectivity index (χ4n) is 4.90. The van der Waals surface area contributed by atoms with Gasteiger partial charge < -0.3 is 14.4 Å². The van der Waals surface area contributed by atoms with Gasteiger partial charge in [-0.2, -0.15) is 0 Å². The third kappa shape index (κ3) is 3.24. The number of benzene rings is 1. The van der Waals surface area contributed by atoms with E-state index in [1.165, 1.54) is 11.3 Å². The van der Waals surface area contributed by atoms with Crippen LogP contribution in [-0.2, 0) is 0 Å². The summed E-state index contributed by atoms with van der Waals surface area (Å²) < 4.78 is 8.14. The zero-order chi connectivity index (χ0) is 22.7. The molecule has 0 spiro atoms. The molecule has 2 atom stereocenters. The molecule has 7 nitrogen and oxygen atoms in total. The van der Waals surface area contributed by atoms with Crippen LogP contribution in [-0.4, -0.2) is 26.7 Å². The summed E-state index contributed by atoms with van der Waals surface area (Å²) >= 11 is 7.95. The number of amides is 1. The van der Waals surface area contributed by atoms with Gasteiger partial charge in [0.15, 0.2) is 0 Å². The van der Waals surface area contributed by atoms with Crippen LogP contribution in [0.2, 0.25) is 5.02 Å². The minimum atomic E-state index is -0.133. The first-order valence-corrected chi connectivity index (χ1v) is 11.9. The van der Waals surface area contributed by atoms with Crippen LogP contribution in [0.3, 0.4) is 0 Å². The standard InChI is InChI=1S/C24H19ClN4O3S/c1-12-20-22(28-32-12)21-15(25)4-2-5-17(21)29(24(20)31)14-8-7-13(10-14)27-23(30)19-11-16-18(33-19)6-3-9-26-16/h2-6,9,11,13-14H,7-8,10H2,1H3,(H,27,30). The first-order chi connectivity index (χ1) is 16.0. The number of nitrogens with zero attached hydrogens (tertiary/aromatic N) is 3. The average Bonchev–Trinajstić information content (AvgIpc) is 3.52. The van der Waals surface area contributed by atoms with Gasteiger partial charge in [-0.3, -0.25) is 14.6 Å². The average molecular weight is 479 g/mol. The predicted octanol–water partition coefficient (Wildman–Crippen LogP) is 5.24. The van der Waals surface area contributed by atoms with Gasteiger partial charge >= 0.3 is 0 Å². The maximum absolute atomic E-state index is 13.5. The smallest absolute Gasteiger partial charge is 0.264 e. The highest BCUT2D eigenvalue weighted by Crippen LogP contribution is 2.36. The second kappa shape index (κ2) is 7.67. The zero-order valence-electron chi connectivity index (χ0n) is 17.7. The molecule has 4 heterocycles. The predicted molar refractivity (Wildman–Crippen MR) is 129 cm³/mol. The van der Waals surface area contributed by atoms with Gasteiger partial charge in [-0.1, -0.05) is 22.8 Å². The first-order valence-electron chi connectivity index (χ1n) is 10.8. The fourth-order valence-corrected chi connectivity index (χ4v) is 6.08. The Bertz CT molecular complexity index is 1590. The molecule has 1 saturated carbocycles. The number of carbonyl (C=O) groups excluding carboxylic acids is 1. The lowest BCUT2D eigenvalue weighted by Crippen LogP contribution is -2.33. The maximum atomic E-state index is 13.5. The Morgan fingerprint density at radius 1 is 1.24 bits per heavy atom. The number of aryl methyl sites for hydroxylation is 1. The highest BCUT2D eigenvalue weighted by molar-refractivity contribution is 7.20. The van der Waals surface area contributed by atoms with Crippen LogP contribution >= 0.6 is 22.9 Å². The second-order valence-corrected chi connectivity index (χ2v) is 9.90. The van der Waals surface area contributed by atoms with E-state index in [-0.39, 0.29) is 23.6 Å². The van der Waals surface area contributed by atoms with Crippen LogP contribution < -0.4 is 10.9 Å². The van der Waals surface area contributed by atoms with E-state index in [1.807, 2.05) is 34.9 Å². The van der Waals surface area contributed by atoms with Crippen molar-refractivity contribution >= 4 is 60.9 Å². The normalized spacial score (nSPS) is 18.5. The molecule has 33 heavy (non-hydrogen) atoms. The molecule has 2 unspecified atom stereocenters. The van der Waals surface area contributed by atoms with Crippen molar-refractivity contribution in [2.75, 3.05) is 0 Å². The monoisotopic (exact) mass is 478 g/mol. The number of carbonyl (C=O) groups is 1. The van der Waals surface area contributed by atoms with Gasteiger partial charge in [0.25, 0.3) is 11.5 Å². The summed E-state index contributed by atoms with van der Waals surface area (Å²) in [6.45, 7) is 1.74. The Balaban J connectivity index is 1.33. The van der Waals surface area contributed by atoms with E-state index in [0.717, 1.165) is 34.0 Å². The van der Waals surface area contributed by atoms with E-state index in [1.54, 1.807) is 19.2 Å². The molecule has 166 valence electrons. The van der Waals surface area contributed by atoms with Crippen molar-refractivity contribution in [1.29, 1.82) is 0 Å². The summed E-state index contributed by atoms with van der Waals surface area (Å²) in [5.41, 5.74) is 1.92. The highest BCUT2D eigenvalue weighted by Gasteiger charge is 2.31. The van der Waals surface area contributed by atoms with E-state index >= 15 is 0 Å². The van der Waals surface area contributed by atoms with Crippen LogP contribution in [0.5, 0.6) is 0 Å². The van der Waals surface area contributed by atoms with Gasteiger partial charge in [-0.25, -0.2) is 0 Å². The van der Waals surface area contributed by atoms with Crippen molar-refractivity contribution in [3.05, 3.63) is 68.6 Å². The Hall–Kier alpha value is -3.23. The maximum Gasteiger partial charge on any atom is 0.264 e. The van der Waals surface area contributed by atoms with Crippen LogP contribution in [0.15, 0.2) is 51.9 Å². The number of fused-ring (bicyclic) bond motifs is 4. The molecule has 0 bridgehead atoms. The number of aromatic nitrogens is 3. The molecule has 1 aliphatic carbocycles. The van der Waals surface area contributed by atoms with Gasteiger partial charge in [-0.15, -0.1) is 11.3 Å². The SMILES string of the molecule is Cc1onc2c1c(=O)n(C1CCC(NC(=O)c3cc4ncccc4s3)C1)c1cccc(Cl)c21. The molecule has 4 aromatic heterocycles. The van der Waals surface area contributed by atoms with Gasteiger partial charge in [-0.05, 0) is 56.5 Å². The Morgan fingerprint density at radius 2 is 2.12 bits per heavy atom. The number of hydrogen-bond acceptors (Lipinski definition) is 6. The number of rotatable bonds is 3. The summed E-state index contributed by atoms with van der Waals surface area (Å²) in [4.78, 5) is 31.3. The van der Waals surface area contributed by atoms with Crippen molar-refractivity contribution in [3.8, 4) is 0 Å². The molecule has 1 aliphatic rings. The molecule has 0 radical (unpaired) electrons. The van der Waals surface area contributed by atoms with Gasteiger partial charge in [0.05, 0.1) is 25.6 Å². The molecule has 0 saturated heterocycles. The molecule has 1 fully saturated rings. The quantitative estimate of drug-likeness (QED) is 0.383. The van der Waals surface area contributed by atoms with E-state index in [2.05, 4.69) is 15.5 Å². The Labute approximate surface area is 197 Å². The summed E-state index contributed by atoms with van der Waals surface area (Å²) in [5, 5.41) is 8.96. The van der Waals surface area contributed by atoms with Crippen LogP contribution in [0.25, 0.3) is 32.0 Å². The number of hydrogen-bond donors (Lipinski definition) is 1. The van der Waals surface area contributed by atoms with E-state index in [4.69, 9.17) is 16.1 Å². The first kappa shape index (κ1) is 20.4. The third-order valence-electron chi connectivity index (χ3n) is 6.40. The largest absolute Gasteiger partial charge is 0.360 e. The molecule has 6 rings (SSSR count). The fraction of sp³-hybridized carbons (Fsp3) is 0.250. The molecular weight excluding hydrogens is 460 g/mol. The number of pyridine rings is 2. The zero-order valence-corrected chi connectivity index (χ0v) is 19.2. The Morgan fingerprint density at radius 3 is 2.97 bits per heavy atom. The van der Waals surface area contributed by atoms with Crippen molar-refractivity contribution in [2.24, 2.45) is 0 Å². The highest BCUT2D eigenvalue weighted by atomic mass is 35.5. The lowest BCUT2D eigenvalue weighted by molar-refractivity contribution is 0.0941. The number of thiophene rings is 1. The third-order valence-corrected chi connectivity index (χ3v) is 7.80. The van der Waals surface area contributed by atoms with E-state index < -0.39 is 0 Å². The van der Waals surface area contributed by atoms with Crippen LogP contribution in [0.4, 0.5) is 0 Å². The molecule has 1 amide bonds. The lowest BCUT2D eigenvalue weighted by atomic mass is 10.1. The summed E-state index contributed by atoms with van der Waals surface area (Å²) in [6, 6.07) is 11.1. The molecular formula is C24H19ClN4O3S. The van der Waals surface area contributed by atoms with Gasteiger partial charge in [0.1, 0.15) is 16.7 Å². The van der Waals surface area contributed by atoms with Crippen molar-refractivity contribution in [2.45, 2.75) is 38.3 Å². The van der Waals surface area contributed by atoms with Gasteiger partial charge in [0, 0.05) is 23.7 Å². The molecule has 1 aromatic carbocycles. The van der Waals surface area contributed by atoms with Crippen LogP contribution in [0.1, 0.15) is 40.7 Å². The Kier molecular flexibility index (Phi) is 4.74. The van der Waals surface area contributed by atoms with E-state index in [0.29, 0.717) is 33.0 Å². The number of halogens is 1. The van der Waals surface area contributed by atoms with Gasteiger partial charge in [0.2, 0.25) is 0 Å². The van der Waals surface area contributed by atoms with Crippen molar-refractivity contribution in [3.63, 3.8) is 0 Å². The minimum Gasteiger partial charge on any atom is -0.360 e. The minimum absolute atomic E-state index is 0.0268. The molecule has 1 N–H and O–H groups in total. The second-order valence-electron chi connectivity index (χ2n) is 8.41. The topological polar surface area (TPSA) is 90.0 Å². The lowest BCUT2D eigenvalue weighted by Gasteiger charge is -2.19. The molecule has 9 heteroatoms. The van der Waals surface area contributed by atoms with Crippen LogP contribution in [0, 0.1) is 6.92 Å².